The van der Waals surface area contributed by atoms with E-state index in [1.807, 2.05) is 42.5 Å². The maximum absolute atomic E-state index is 9.16. The van der Waals surface area contributed by atoms with Crippen molar-refractivity contribution in [3.05, 3.63) is 42.5 Å². The molecule has 0 aliphatic carbocycles. The van der Waals surface area contributed by atoms with Gasteiger partial charge in [-0.1, -0.05) is 30.3 Å². The highest BCUT2D eigenvalue weighted by molar-refractivity contribution is 5.59. The fraction of sp³-hybridized carbons (Fsp3) is 0.333. The number of aliphatic hydroxyl groups is 1. The minimum absolute atomic E-state index is 0.256. The molecule has 0 bridgehead atoms. The largest absolute Gasteiger partial charge is 0.396 e. The number of hydrogen-bond donors (Lipinski definition) is 1. The van der Waals surface area contributed by atoms with Crippen LogP contribution >= 0.6 is 0 Å². The maximum Gasteiger partial charge on any atom is 0.151 e. The summed E-state index contributed by atoms with van der Waals surface area (Å²) in [5, 5.41) is 17.8. The van der Waals surface area contributed by atoms with E-state index >= 15 is 0 Å². The normalized spacial score (nSPS) is 18.8. The Labute approximate surface area is 112 Å². The van der Waals surface area contributed by atoms with Crippen molar-refractivity contribution in [1.29, 1.82) is 0 Å². The average molecular weight is 255 g/mol. The van der Waals surface area contributed by atoms with E-state index in [0.29, 0.717) is 5.92 Å². The number of rotatable bonds is 3. The highest BCUT2D eigenvalue weighted by Crippen LogP contribution is 2.23. The molecule has 2 aromatic rings. The van der Waals surface area contributed by atoms with Crippen molar-refractivity contribution in [1.82, 2.24) is 10.2 Å². The van der Waals surface area contributed by atoms with Crippen LogP contribution in [0, 0.1) is 5.92 Å². The average Bonchev–Trinajstić information content (AvgIpc) is 2.97. The van der Waals surface area contributed by atoms with Gasteiger partial charge in [0, 0.05) is 31.2 Å². The molecule has 3 rings (SSSR count). The Morgan fingerprint density at radius 1 is 1.11 bits per heavy atom. The van der Waals surface area contributed by atoms with Crippen molar-refractivity contribution in [2.45, 2.75) is 6.42 Å². The smallest absolute Gasteiger partial charge is 0.151 e. The second-order valence-corrected chi connectivity index (χ2v) is 4.93. The molecule has 4 heteroatoms. The van der Waals surface area contributed by atoms with Gasteiger partial charge in [0.1, 0.15) is 0 Å². The standard InChI is InChI=1S/C15H17N3O/c19-11-12-8-9-18(10-12)15-7-6-14(16-17-15)13-4-2-1-3-5-13/h1-7,12,19H,8-11H2. The molecule has 1 aliphatic rings. The molecule has 0 radical (unpaired) electrons. The van der Waals surface area contributed by atoms with E-state index in [1.165, 1.54) is 0 Å². The zero-order chi connectivity index (χ0) is 13.1. The molecule has 0 saturated carbocycles. The van der Waals surface area contributed by atoms with E-state index in [9.17, 15) is 0 Å². The van der Waals surface area contributed by atoms with Gasteiger partial charge in [-0.3, -0.25) is 0 Å². The molecular weight excluding hydrogens is 238 g/mol. The lowest BCUT2D eigenvalue weighted by Gasteiger charge is -2.16. The molecule has 1 saturated heterocycles. The third-order valence-electron chi connectivity index (χ3n) is 3.59. The second kappa shape index (κ2) is 5.36. The van der Waals surface area contributed by atoms with Crippen LogP contribution in [0.2, 0.25) is 0 Å². The fourth-order valence-electron chi connectivity index (χ4n) is 2.45. The highest BCUT2D eigenvalue weighted by Gasteiger charge is 2.22. The van der Waals surface area contributed by atoms with Crippen LogP contribution in [0.3, 0.4) is 0 Å². The summed E-state index contributed by atoms with van der Waals surface area (Å²) < 4.78 is 0. The summed E-state index contributed by atoms with van der Waals surface area (Å²) in [6.45, 7) is 2.08. The molecule has 1 atom stereocenters. The van der Waals surface area contributed by atoms with Gasteiger partial charge in [0.15, 0.2) is 5.82 Å². The van der Waals surface area contributed by atoms with Gasteiger partial charge in [-0.2, -0.15) is 0 Å². The van der Waals surface area contributed by atoms with Gasteiger partial charge in [0.05, 0.1) is 5.69 Å². The highest BCUT2D eigenvalue weighted by atomic mass is 16.3. The van der Waals surface area contributed by atoms with E-state index in [4.69, 9.17) is 5.11 Å². The van der Waals surface area contributed by atoms with Crippen LogP contribution in [0.5, 0.6) is 0 Å². The monoisotopic (exact) mass is 255 g/mol. The van der Waals surface area contributed by atoms with Crippen molar-refractivity contribution in [2.75, 3.05) is 24.6 Å². The Kier molecular flexibility index (Phi) is 3.42. The van der Waals surface area contributed by atoms with Crippen molar-refractivity contribution in [2.24, 2.45) is 5.92 Å². The van der Waals surface area contributed by atoms with Gasteiger partial charge in [0.2, 0.25) is 0 Å². The van der Waals surface area contributed by atoms with Gasteiger partial charge in [-0.25, -0.2) is 0 Å². The molecule has 2 heterocycles. The van der Waals surface area contributed by atoms with Gasteiger partial charge >= 0.3 is 0 Å². The summed E-state index contributed by atoms with van der Waals surface area (Å²) in [4.78, 5) is 2.18. The maximum atomic E-state index is 9.16. The van der Waals surface area contributed by atoms with E-state index in [2.05, 4.69) is 15.1 Å². The van der Waals surface area contributed by atoms with Crippen LogP contribution in [-0.4, -0.2) is 35.0 Å². The van der Waals surface area contributed by atoms with Gasteiger partial charge in [-0.05, 0) is 18.6 Å². The van der Waals surface area contributed by atoms with E-state index in [-0.39, 0.29) is 6.61 Å². The Bertz CT molecular complexity index is 527. The molecule has 4 nitrogen and oxygen atoms in total. The van der Waals surface area contributed by atoms with Gasteiger partial charge < -0.3 is 10.0 Å². The first kappa shape index (κ1) is 12.1. The van der Waals surface area contributed by atoms with Crippen molar-refractivity contribution < 1.29 is 5.11 Å². The lowest BCUT2D eigenvalue weighted by Crippen LogP contribution is -2.21. The molecule has 19 heavy (non-hydrogen) atoms. The number of benzene rings is 1. The molecule has 98 valence electrons. The SMILES string of the molecule is OCC1CCN(c2ccc(-c3ccccc3)nn2)C1. The van der Waals surface area contributed by atoms with E-state index < -0.39 is 0 Å². The number of aliphatic hydroxyl groups excluding tert-OH is 1. The van der Waals surface area contributed by atoms with Gasteiger partial charge in [0.25, 0.3) is 0 Å². The summed E-state index contributed by atoms with van der Waals surface area (Å²) in [6, 6.07) is 14.1. The first-order valence-corrected chi connectivity index (χ1v) is 6.62. The molecule has 0 amide bonds. The van der Waals surface area contributed by atoms with E-state index in [1.54, 1.807) is 0 Å². The van der Waals surface area contributed by atoms with Crippen LogP contribution < -0.4 is 4.90 Å². The third-order valence-corrected chi connectivity index (χ3v) is 3.59. The molecule has 1 unspecified atom stereocenters. The van der Waals surface area contributed by atoms with Crippen molar-refractivity contribution in [3.63, 3.8) is 0 Å². The van der Waals surface area contributed by atoms with Crippen LogP contribution in [0.1, 0.15) is 6.42 Å². The fourth-order valence-corrected chi connectivity index (χ4v) is 2.45. The van der Waals surface area contributed by atoms with Crippen LogP contribution in [0.25, 0.3) is 11.3 Å². The first-order valence-electron chi connectivity index (χ1n) is 6.62. The van der Waals surface area contributed by atoms with Crippen LogP contribution in [0.15, 0.2) is 42.5 Å². The molecule has 1 aliphatic heterocycles. The molecule has 1 aromatic heterocycles. The Morgan fingerprint density at radius 3 is 2.58 bits per heavy atom. The quantitative estimate of drug-likeness (QED) is 0.911. The zero-order valence-corrected chi connectivity index (χ0v) is 10.7. The van der Waals surface area contributed by atoms with Crippen LogP contribution in [-0.2, 0) is 0 Å². The summed E-state index contributed by atoms with van der Waals surface area (Å²) in [7, 11) is 0. The predicted molar refractivity (Wildman–Crippen MR) is 74.9 cm³/mol. The molecule has 1 N–H and O–H groups in total. The van der Waals surface area contributed by atoms with E-state index in [0.717, 1.165) is 36.6 Å². The topological polar surface area (TPSA) is 49.2 Å². The lowest BCUT2D eigenvalue weighted by molar-refractivity contribution is 0.238. The summed E-state index contributed by atoms with van der Waals surface area (Å²) >= 11 is 0. The Balaban J connectivity index is 1.76. The van der Waals surface area contributed by atoms with Crippen LogP contribution in [0.4, 0.5) is 5.82 Å². The molecule has 1 aromatic carbocycles. The molecule has 1 fully saturated rings. The Morgan fingerprint density at radius 2 is 1.95 bits per heavy atom. The summed E-state index contributed by atoms with van der Waals surface area (Å²) in [5.74, 6) is 1.27. The number of anilines is 1. The zero-order valence-electron chi connectivity index (χ0n) is 10.7. The molecule has 0 spiro atoms. The number of hydrogen-bond acceptors (Lipinski definition) is 4. The lowest BCUT2D eigenvalue weighted by atomic mass is 10.1. The van der Waals surface area contributed by atoms with Crippen molar-refractivity contribution in [3.8, 4) is 11.3 Å². The second-order valence-electron chi connectivity index (χ2n) is 4.93. The summed E-state index contributed by atoms with van der Waals surface area (Å²) in [6.07, 6.45) is 1.03. The molecular formula is C15H17N3O. The number of nitrogens with zero attached hydrogens (tertiary/aromatic N) is 3. The first-order chi connectivity index (χ1) is 9.36. The Hall–Kier alpha value is -1.94. The summed E-state index contributed by atoms with van der Waals surface area (Å²) in [5.41, 5.74) is 1.97. The van der Waals surface area contributed by atoms with Gasteiger partial charge in [-0.15, -0.1) is 10.2 Å². The predicted octanol–water partition coefficient (Wildman–Crippen LogP) is 1.96. The third kappa shape index (κ3) is 2.58. The number of aromatic nitrogens is 2. The minimum Gasteiger partial charge on any atom is -0.396 e. The van der Waals surface area contributed by atoms with Crippen molar-refractivity contribution >= 4 is 5.82 Å². The minimum atomic E-state index is 0.256.